The van der Waals surface area contributed by atoms with Gasteiger partial charge in [-0.3, -0.25) is 0 Å². The van der Waals surface area contributed by atoms with Crippen molar-refractivity contribution in [1.29, 1.82) is 5.26 Å². The Morgan fingerprint density at radius 1 is 1.25 bits per heavy atom. The molecule has 4 rings (SSSR count). The fraction of sp³-hybridized carbons (Fsp3) is 0.423. The van der Waals surface area contributed by atoms with Gasteiger partial charge < -0.3 is 0 Å². The van der Waals surface area contributed by atoms with Gasteiger partial charge in [-0.2, -0.15) is 0 Å². The van der Waals surface area contributed by atoms with Gasteiger partial charge in [-0.15, -0.1) is 0 Å². The maximum atomic E-state index is 13.5. The van der Waals surface area contributed by atoms with Crippen molar-refractivity contribution in [2.45, 2.75) is 36.1 Å². The molecule has 188 valence electrons. The van der Waals surface area contributed by atoms with Crippen molar-refractivity contribution in [3.05, 3.63) is 42.4 Å². The Kier molecular flexibility index (Phi) is 8.36. The van der Waals surface area contributed by atoms with Crippen molar-refractivity contribution in [2.24, 2.45) is 0 Å². The summed E-state index contributed by atoms with van der Waals surface area (Å²) >= 11 is 0.311. The van der Waals surface area contributed by atoms with Crippen molar-refractivity contribution in [3.63, 3.8) is 0 Å². The second-order valence-electron chi connectivity index (χ2n) is 9.02. The summed E-state index contributed by atoms with van der Waals surface area (Å²) < 4.78 is 5.17. The van der Waals surface area contributed by atoms with Crippen molar-refractivity contribution in [3.8, 4) is 23.1 Å². The molecule has 1 N–H and O–H groups in total. The van der Waals surface area contributed by atoms with Crippen LogP contribution in [0.15, 0.2) is 36.8 Å². The predicted molar refractivity (Wildman–Crippen MR) is 141 cm³/mol. The number of ether oxygens (including phenoxy) is 1. The van der Waals surface area contributed by atoms with Crippen LogP contribution in [0, 0.1) is 11.3 Å². The van der Waals surface area contributed by atoms with E-state index < -0.39 is 0 Å². The normalized spacial score (nSPS) is 15.1. The molecule has 2 aromatic heterocycles. The third kappa shape index (κ3) is 5.59. The fourth-order valence-electron chi connectivity index (χ4n) is 4.53. The molecule has 1 fully saturated rings. The molecular weight excluding hydrogens is 521 g/mol. The molecule has 1 aliphatic heterocycles. The number of hydrogen-bond acceptors (Lipinski definition) is 8. The van der Waals surface area contributed by atoms with E-state index in [9.17, 15) is 10.1 Å². The molecule has 0 bridgehead atoms. The van der Waals surface area contributed by atoms with Crippen LogP contribution in [0.5, 0.6) is 5.88 Å². The number of amides is 1. The van der Waals surface area contributed by atoms with Gasteiger partial charge in [0.05, 0.1) is 7.11 Å². The average Bonchev–Trinajstić information content (AvgIpc) is 2.92. The number of carbonyl (C=O) groups is 1. The van der Waals surface area contributed by atoms with E-state index in [4.69, 9.17) is 4.74 Å². The summed E-state index contributed by atoms with van der Waals surface area (Å²) in [5, 5.41) is 14.5. The monoisotopic (exact) mass is 553 g/mol. The Morgan fingerprint density at radius 3 is 2.69 bits per heavy atom. The van der Waals surface area contributed by atoms with E-state index in [-0.39, 0.29) is 11.9 Å². The van der Waals surface area contributed by atoms with E-state index in [0.29, 0.717) is 38.3 Å². The summed E-state index contributed by atoms with van der Waals surface area (Å²) in [6.45, 7) is 1.55. The minimum atomic E-state index is -0.333. The number of nitrogens with zero attached hydrogens (tertiary/aromatic N) is 6. The summed E-state index contributed by atoms with van der Waals surface area (Å²) in [6.07, 6.45) is 5.18. The van der Waals surface area contributed by atoms with Gasteiger partial charge in [-0.1, -0.05) is 0 Å². The molecule has 0 aliphatic carbocycles. The molecule has 1 aliphatic rings. The first kappa shape index (κ1) is 25.8. The van der Waals surface area contributed by atoms with Crippen LogP contribution in [-0.4, -0.2) is 92.0 Å². The summed E-state index contributed by atoms with van der Waals surface area (Å²) in [7, 11) is 5.70. The number of benzene rings is 1. The Balaban J connectivity index is 1.61. The van der Waals surface area contributed by atoms with Gasteiger partial charge in [0.25, 0.3) is 0 Å². The second-order valence-corrected chi connectivity index (χ2v) is 10.9. The quantitative estimate of drug-likeness (QED) is 0.425. The van der Waals surface area contributed by atoms with Crippen molar-refractivity contribution in [2.75, 3.05) is 39.6 Å². The van der Waals surface area contributed by atoms with Crippen molar-refractivity contribution in [1.82, 2.24) is 24.8 Å². The van der Waals surface area contributed by atoms with Crippen LogP contribution in [0.25, 0.3) is 22.0 Å². The Morgan fingerprint density at radius 2 is 2.03 bits per heavy atom. The molecule has 0 spiro atoms. The van der Waals surface area contributed by atoms with E-state index in [2.05, 4.69) is 51.2 Å². The number of rotatable bonds is 8. The number of likely N-dealkylation sites (tertiary alicyclic amines) is 1. The van der Waals surface area contributed by atoms with E-state index in [1.807, 2.05) is 23.1 Å². The first-order chi connectivity index (χ1) is 17.4. The fourth-order valence-corrected chi connectivity index (χ4v) is 5.71. The zero-order valence-electron chi connectivity index (χ0n) is 21.1. The Hall–Kier alpha value is -3.25. The molecule has 9 nitrogen and oxygen atoms in total. The minimum absolute atomic E-state index is 0.136. The number of piperidine rings is 1. The summed E-state index contributed by atoms with van der Waals surface area (Å²) in [5.41, 5.74) is 2.81. The zero-order chi connectivity index (χ0) is 25.7. The maximum absolute atomic E-state index is 13.5. The summed E-state index contributed by atoms with van der Waals surface area (Å²) in [4.78, 5) is 30.9. The van der Waals surface area contributed by atoms with Gasteiger partial charge in [0, 0.05) is 0 Å². The first-order valence-corrected chi connectivity index (χ1v) is 14.8. The molecule has 36 heavy (non-hydrogen) atoms. The van der Waals surface area contributed by atoms with Crippen LogP contribution in [0.4, 0.5) is 5.82 Å². The number of carbonyl (C=O) groups excluding carboxylic acids is 1. The second kappa shape index (κ2) is 11.7. The van der Waals surface area contributed by atoms with E-state index in [1.165, 1.54) is 13.4 Å². The molecule has 1 saturated heterocycles. The van der Waals surface area contributed by atoms with Gasteiger partial charge in [-0.05, 0) is 0 Å². The Bertz CT molecular complexity index is 1270. The predicted octanol–water partition coefficient (Wildman–Crippen LogP) is 3.08. The number of fused-ring (bicyclic) bond motifs is 1. The van der Waals surface area contributed by atoms with Gasteiger partial charge >= 0.3 is 211 Å². The van der Waals surface area contributed by atoms with Crippen LogP contribution in [0.3, 0.4) is 0 Å². The molecule has 1 amide bonds. The number of hydrogen-bond donors (Lipinski definition) is 1. The molecule has 1 aromatic carbocycles. The SMILES string of the molecule is COc1ncc(-c2ccc3ncnc(N[C@@H](C[Se]C)C(=O)N4CCC(N(C)C)CC4)c3c2)cc1C#N. The summed E-state index contributed by atoms with van der Waals surface area (Å²) in [6, 6.07) is 9.91. The zero-order valence-corrected chi connectivity index (χ0v) is 22.8. The molecule has 10 heteroatoms. The van der Waals surface area contributed by atoms with E-state index in [0.717, 1.165) is 53.3 Å². The summed E-state index contributed by atoms with van der Waals surface area (Å²) in [5.74, 6) is 3.21. The first-order valence-electron chi connectivity index (χ1n) is 11.8. The molecule has 3 aromatic rings. The van der Waals surface area contributed by atoms with Crippen LogP contribution >= 0.6 is 0 Å². The van der Waals surface area contributed by atoms with E-state index in [1.54, 1.807) is 12.3 Å². The molecule has 1 atom stereocenters. The number of aromatic nitrogens is 3. The van der Waals surface area contributed by atoms with Gasteiger partial charge in [0.15, 0.2) is 0 Å². The number of pyridine rings is 1. The van der Waals surface area contributed by atoms with Crippen molar-refractivity contribution >= 4 is 37.6 Å². The van der Waals surface area contributed by atoms with Crippen molar-refractivity contribution < 1.29 is 9.53 Å². The number of methoxy groups -OCH3 is 1. The molecule has 0 saturated carbocycles. The van der Waals surface area contributed by atoms with Crippen LogP contribution in [0.1, 0.15) is 18.4 Å². The van der Waals surface area contributed by atoms with Gasteiger partial charge in [0.2, 0.25) is 0 Å². The van der Waals surface area contributed by atoms with Crippen LogP contribution < -0.4 is 10.1 Å². The molecule has 0 unspecified atom stereocenters. The van der Waals surface area contributed by atoms with Crippen LogP contribution in [-0.2, 0) is 4.79 Å². The third-order valence-electron chi connectivity index (χ3n) is 6.58. The van der Waals surface area contributed by atoms with Gasteiger partial charge in [-0.25, -0.2) is 0 Å². The van der Waals surface area contributed by atoms with E-state index >= 15 is 0 Å². The molecule has 0 radical (unpaired) electrons. The standard InChI is InChI=1S/C26H31N7O2Se/c1-32(2)20-7-9-33(10-8-20)26(34)23(15-36-4)31-24-21-12-17(5-6-22(21)29-16-30-24)19-11-18(13-27)25(35-3)28-14-19/h5-6,11-12,14,16,20,23H,7-10,15H2,1-4H3,(H,29,30,31)/t23-/m0/s1. The van der Waals surface area contributed by atoms with Gasteiger partial charge in [0.1, 0.15) is 0 Å². The third-order valence-corrected chi connectivity index (χ3v) is 7.98. The van der Waals surface area contributed by atoms with Crippen LogP contribution in [0.2, 0.25) is 11.1 Å². The number of nitriles is 1. The number of anilines is 1. The molecular formula is C26H31N7O2Se. The number of nitrogens with one attached hydrogen (secondary N) is 1. The topological polar surface area (TPSA) is 107 Å². The Labute approximate surface area is 218 Å². The molecule has 3 heterocycles. The average molecular weight is 553 g/mol.